The molecular formula is C27H26N2O5. The number of carboxylic acids is 1. The molecule has 1 aliphatic carbocycles. The minimum absolute atomic E-state index is 0.0328. The van der Waals surface area contributed by atoms with Gasteiger partial charge in [0.25, 0.3) is 5.91 Å². The number of hydrogen-bond acceptors (Lipinski definition) is 4. The Labute approximate surface area is 197 Å². The van der Waals surface area contributed by atoms with Crippen molar-refractivity contribution in [1.29, 1.82) is 0 Å². The molecule has 0 fully saturated rings. The molecule has 3 aromatic rings. The number of carbonyl (C=O) groups excluding carboxylic acids is 2. The minimum Gasteiger partial charge on any atom is -0.480 e. The Morgan fingerprint density at radius 2 is 1.50 bits per heavy atom. The third-order valence-corrected chi connectivity index (χ3v) is 5.92. The van der Waals surface area contributed by atoms with Crippen molar-refractivity contribution in [3.8, 4) is 11.1 Å². The van der Waals surface area contributed by atoms with Gasteiger partial charge in [0.15, 0.2) is 0 Å². The lowest BCUT2D eigenvalue weighted by atomic mass is 9.98. The highest BCUT2D eigenvalue weighted by Crippen LogP contribution is 2.44. The molecule has 0 aliphatic heterocycles. The summed E-state index contributed by atoms with van der Waals surface area (Å²) in [7, 11) is 0. The van der Waals surface area contributed by atoms with E-state index < -0.39 is 24.0 Å². The van der Waals surface area contributed by atoms with Gasteiger partial charge in [-0.25, -0.2) is 9.59 Å². The molecule has 7 heteroatoms. The zero-order valence-electron chi connectivity index (χ0n) is 18.8. The Balaban J connectivity index is 1.35. The van der Waals surface area contributed by atoms with Crippen molar-refractivity contribution in [2.24, 2.45) is 0 Å². The number of amides is 2. The van der Waals surface area contributed by atoms with Crippen LogP contribution in [0.3, 0.4) is 0 Å². The molecule has 174 valence electrons. The van der Waals surface area contributed by atoms with E-state index >= 15 is 0 Å². The summed E-state index contributed by atoms with van der Waals surface area (Å²) < 4.78 is 5.53. The van der Waals surface area contributed by atoms with Crippen molar-refractivity contribution in [3.05, 3.63) is 89.5 Å². The lowest BCUT2D eigenvalue weighted by molar-refractivity contribution is -0.139. The first kappa shape index (κ1) is 23.0. The van der Waals surface area contributed by atoms with E-state index in [0.717, 1.165) is 22.3 Å². The molecule has 0 bridgehead atoms. The second kappa shape index (κ2) is 10.2. The summed E-state index contributed by atoms with van der Waals surface area (Å²) in [5.41, 5.74) is 5.36. The van der Waals surface area contributed by atoms with Gasteiger partial charge in [-0.15, -0.1) is 0 Å². The van der Waals surface area contributed by atoms with Crippen molar-refractivity contribution >= 4 is 23.7 Å². The third-order valence-electron chi connectivity index (χ3n) is 5.92. The summed E-state index contributed by atoms with van der Waals surface area (Å²) in [6.45, 7) is 2.06. The van der Waals surface area contributed by atoms with Crippen molar-refractivity contribution in [1.82, 2.24) is 5.32 Å². The maximum absolute atomic E-state index is 12.4. The molecule has 0 aromatic heterocycles. The lowest BCUT2D eigenvalue weighted by Gasteiger charge is -2.15. The molecule has 0 radical (unpaired) electrons. The molecule has 4 rings (SSSR count). The number of rotatable bonds is 8. The summed E-state index contributed by atoms with van der Waals surface area (Å²) in [6, 6.07) is 21.5. The Morgan fingerprint density at radius 3 is 2.06 bits per heavy atom. The molecule has 0 unspecified atom stereocenters. The van der Waals surface area contributed by atoms with Crippen LogP contribution in [0.4, 0.5) is 10.5 Å². The summed E-state index contributed by atoms with van der Waals surface area (Å²) >= 11 is 0. The molecule has 0 saturated carbocycles. The van der Waals surface area contributed by atoms with E-state index in [9.17, 15) is 19.5 Å². The van der Waals surface area contributed by atoms with Gasteiger partial charge >= 0.3 is 12.1 Å². The molecule has 0 heterocycles. The van der Waals surface area contributed by atoms with Crippen LogP contribution in [0, 0.1) is 0 Å². The molecule has 0 saturated heterocycles. The smallest absolute Gasteiger partial charge is 0.411 e. The van der Waals surface area contributed by atoms with Crippen LogP contribution in [0.1, 0.15) is 47.2 Å². The number of hydrogen-bond donors (Lipinski definition) is 3. The van der Waals surface area contributed by atoms with Gasteiger partial charge in [-0.2, -0.15) is 0 Å². The van der Waals surface area contributed by atoms with Crippen LogP contribution in [-0.4, -0.2) is 35.7 Å². The number of carboxylic acid groups (broad SMARTS) is 1. The van der Waals surface area contributed by atoms with Crippen molar-refractivity contribution in [3.63, 3.8) is 0 Å². The van der Waals surface area contributed by atoms with E-state index in [1.54, 1.807) is 12.1 Å². The Bertz CT molecular complexity index is 1160. The van der Waals surface area contributed by atoms with Crippen molar-refractivity contribution in [2.75, 3.05) is 11.9 Å². The number of nitrogens with one attached hydrogen (secondary N) is 2. The van der Waals surface area contributed by atoms with Crippen LogP contribution in [0.15, 0.2) is 72.8 Å². The van der Waals surface area contributed by atoms with Gasteiger partial charge in [0.05, 0.1) is 0 Å². The number of fused-ring (bicyclic) bond motifs is 3. The Hall–Kier alpha value is -4.13. The number of anilines is 1. The second-order valence-electron chi connectivity index (χ2n) is 8.18. The Kier molecular flexibility index (Phi) is 6.92. The molecule has 0 spiro atoms. The minimum atomic E-state index is -1.07. The van der Waals surface area contributed by atoms with E-state index in [2.05, 4.69) is 34.9 Å². The van der Waals surface area contributed by atoms with Gasteiger partial charge in [-0.3, -0.25) is 10.1 Å². The summed E-state index contributed by atoms with van der Waals surface area (Å²) in [5.74, 6) is -1.58. The maximum atomic E-state index is 12.4. The quantitative estimate of drug-likeness (QED) is 0.439. The SMILES string of the molecule is CCC[C@H](NC(=O)c1ccc(NC(=O)OCC2c3ccccc3-c3ccccc32)cc1)C(=O)O. The molecule has 7 nitrogen and oxygen atoms in total. The molecule has 1 atom stereocenters. The number of aliphatic carboxylic acids is 1. The molecule has 3 aromatic carbocycles. The van der Waals surface area contributed by atoms with Gasteiger partial charge in [-0.05, 0) is 52.9 Å². The summed E-state index contributed by atoms with van der Waals surface area (Å²) in [6.07, 6.45) is 0.399. The molecule has 34 heavy (non-hydrogen) atoms. The largest absolute Gasteiger partial charge is 0.480 e. The van der Waals surface area contributed by atoms with Gasteiger partial charge in [0, 0.05) is 17.2 Å². The normalized spacial score (nSPS) is 12.9. The van der Waals surface area contributed by atoms with E-state index in [1.807, 2.05) is 31.2 Å². The molecular weight excluding hydrogens is 432 g/mol. The zero-order chi connectivity index (χ0) is 24.1. The standard InChI is InChI=1S/C27H26N2O5/c1-2-7-24(26(31)32)29-25(30)17-12-14-18(15-13-17)28-27(33)34-16-23-21-10-5-3-8-19(21)20-9-4-6-11-22(20)23/h3-6,8-15,23-24H,2,7,16H2,1H3,(H,28,33)(H,29,30)(H,31,32)/t24-/m0/s1. The highest BCUT2D eigenvalue weighted by atomic mass is 16.5. The number of ether oxygens (including phenoxy) is 1. The summed E-state index contributed by atoms with van der Waals surface area (Å²) in [5, 5.41) is 14.4. The van der Waals surface area contributed by atoms with Gasteiger partial charge < -0.3 is 15.2 Å². The fourth-order valence-electron chi connectivity index (χ4n) is 4.24. The van der Waals surface area contributed by atoms with E-state index in [1.165, 1.54) is 12.1 Å². The topological polar surface area (TPSA) is 105 Å². The number of benzene rings is 3. The van der Waals surface area contributed by atoms with Crippen LogP contribution in [-0.2, 0) is 9.53 Å². The maximum Gasteiger partial charge on any atom is 0.411 e. The van der Waals surface area contributed by atoms with E-state index in [-0.39, 0.29) is 12.5 Å². The van der Waals surface area contributed by atoms with Crippen molar-refractivity contribution < 1.29 is 24.2 Å². The van der Waals surface area contributed by atoms with Crippen LogP contribution < -0.4 is 10.6 Å². The van der Waals surface area contributed by atoms with Gasteiger partial charge in [0.2, 0.25) is 0 Å². The second-order valence-corrected chi connectivity index (χ2v) is 8.18. The predicted octanol–water partition coefficient (Wildman–Crippen LogP) is 5.03. The highest BCUT2D eigenvalue weighted by Gasteiger charge is 2.29. The van der Waals surface area contributed by atoms with E-state index in [4.69, 9.17) is 4.74 Å². The van der Waals surface area contributed by atoms with Crippen LogP contribution in [0.2, 0.25) is 0 Å². The molecule has 2 amide bonds. The monoisotopic (exact) mass is 458 g/mol. The zero-order valence-corrected chi connectivity index (χ0v) is 18.8. The fraction of sp³-hybridized carbons (Fsp3) is 0.222. The molecule has 3 N–H and O–H groups in total. The fourth-order valence-corrected chi connectivity index (χ4v) is 4.24. The number of carbonyl (C=O) groups is 3. The predicted molar refractivity (Wildman–Crippen MR) is 129 cm³/mol. The summed E-state index contributed by atoms with van der Waals surface area (Å²) in [4.78, 5) is 36.0. The van der Waals surface area contributed by atoms with Gasteiger partial charge in [-0.1, -0.05) is 61.9 Å². The first-order chi connectivity index (χ1) is 16.5. The van der Waals surface area contributed by atoms with Crippen LogP contribution in [0.25, 0.3) is 11.1 Å². The van der Waals surface area contributed by atoms with Crippen molar-refractivity contribution in [2.45, 2.75) is 31.7 Å². The van der Waals surface area contributed by atoms with Gasteiger partial charge in [0.1, 0.15) is 12.6 Å². The molecule has 1 aliphatic rings. The van der Waals surface area contributed by atoms with Crippen LogP contribution >= 0.6 is 0 Å². The van der Waals surface area contributed by atoms with Crippen LogP contribution in [0.5, 0.6) is 0 Å². The third kappa shape index (κ3) is 4.93. The average molecular weight is 459 g/mol. The van der Waals surface area contributed by atoms with E-state index in [0.29, 0.717) is 24.1 Å². The highest BCUT2D eigenvalue weighted by molar-refractivity contribution is 5.97. The first-order valence-electron chi connectivity index (χ1n) is 11.2. The average Bonchev–Trinajstić information content (AvgIpc) is 3.16. The first-order valence-corrected chi connectivity index (χ1v) is 11.2. The lowest BCUT2D eigenvalue weighted by Crippen LogP contribution is -2.40. The Morgan fingerprint density at radius 1 is 0.912 bits per heavy atom.